The number of amides is 1. The number of carbonyl (C=O) groups is 1. The number of aryl methyl sites for hydroxylation is 2. The van der Waals surface area contributed by atoms with Crippen LogP contribution in [-0.4, -0.2) is 18.3 Å². The van der Waals surface area contributed by atoms with Crippen LogP contribution in [0.3, 0.4) is 0 Å². The fourth-order valence-electron chi connectivity index (χ4n) is 2.25. The van der Waals surface area contributed by atoms with E-state index in [-0.39, 0.29) is 11.3 Å². The zero-order valence-corrected chi connectivity index (χ0v) is 13.8. The molecule has 0 aromatic heterocycles. The van der Waals surface area contributed by atoms with Crippen LogP contribution in [0.15, 0.2) is 18.2 Å². The smallest absolute Gasteiger partial charge is 0.224 e. The van der Waals surface area contributed by atoms with Gasteiger partial charge in [0, 0.05) is 17.8 Å². The first-order valence-electron chi connectivity index (χ1n) is 7.35. The number of hydrogen-bond donors (Lipinski definition) is 1. The number of alkyl halides is 1. The van der Waals surface area contributed by atoms with Gasteiger partial charge in [-0.1, -0.05) is 37.6 Å². The summed E-state index contributed by atoms with van der Waals surface area (Å²) in [7, 11) is 0. The third-order valence-electron chi connectivity index (χ3n) is 4.30. The monoisotopic (exact) mass is 295 g/mol. The van der Waals surface area contributed by atoms with Gasteiger partial charge in [0.2, 0.25) is 5.91 Å². The topological polar surface area (TPSA) is 29.1 Å². The van der Waals surface area contributed by atoms with Gasteiger partial charge in [-0.15, -0.1) is 11.6 Å². The van der Waals surface area contributed by atoms with Crippen molar-refractivity contribution in [3.8, 4) is 0 Å². The van der Waals surface area contributed by atoms with Gasteiger partial charge in [0.25, 0.3) is 0 Å². The first-order chi connectivity index (χ1) is 9.46. The van der Waals surface area contributed by atoms with Gasteiger partial charge in [0.15, 0.2) is 0 Å². The van der Waals surface area contributed by atoms with Gasteiger partial charge >= 0.3 is 0 Å². The first kappa shape index (κ1) is 17.0. The van der Waals surface area contributed by atoms with E-state index in [4.69, 9.17) is 11.6 Å². The van der Waals surface area contributed by atoms with E-state index in [1.54, 1.807) is 0 Å². The molecule has 0 spiro atoms. The summed E-state index contributed by atoms with van der Waals surface area (Å²) in [6.07, 6.45) is 2.41. The van der Waals surface area contributed by atoms with Gasteiger partial charge in [0.1, 0.15) is 0 Å². The average molecular weight is 296 g/mol. The second kappa shape index (κ2) is 7.68. The standard InChI is InChI=1S/C17H26ClNO/c1-5-17(6-2,11-18)12-19-16(20)10-15-9-13(3)7-8-14(15)4/h7-9H,5-6,10-12H2,1-4H3,(H,19,20). The van der Waals surface area contributed by atoms with Crippen molar-refractivity contribution in [3.05, 3.63) is 34.9 Å². The molecule has 0 aliphatic carbocycles. The highest BCUT2D eigenvalue weighted by Crippen LogP contribution is 2.26. The summed E-state index contributed by atoms with van der Waals surface area (Å²) >= 11 is 6.06. The van der Waals surface area contributed by atoms with Crippen molar-refractivity contribution < 1.29 is 4.79 Å². The highest BCUT2D eigenvalue weighted by molar-refractivity contribution is 6.18. The maximum Gasteiger partial charge on any atom is 0.224 e. The Kier molecular flexibility index (Phi) is 6.54. The summed E-state index contributed by atoms with van der Waals surface area (Å²) in [6.45, 7) is 9.01. The van der Waals surface area contributed by atoms with Crippen molar-refractivity contribution in [3.63, 3.8) is 0 Å². The van der Waals surface area contributed by atoms with Crippen molar-refractivity contribution >= 4 is 17.5 Å². The van der Waals surface area contributed by atoms with Crippen LogP contribution in [0.1, 0.15) is 43.4 Å². The summed E-state index contributed by atoms with van der Waals surface area (Å²) in [5, 5.41) is 3.05. The third kappa shape index (κ3) is 4.52. The molecule has 0 saturated heterocycles. The minimum Gasteiger partial charge on any atom is -0.355 e. The number of hydrogen-bond acceptors (Lipinski definition) is 1. The molecule has 0 heterocycles. The minimum atomic E-state index is 0.0267. The van der Waals surface area contributed by atoms with Crippen LogP contribution in [0.4, 0.5) is 0 Å². The fraction of sp³-hybridized carbons (Fsp3) is 0.588. The lowest BCUT2D eigenvalue weighted by Gasteiger charge is -2.29. The SMILES string of the molecule is CCC(CC)(CCl)CNC(=O)Cc1cc(C)ccc1C. The predicted molar refractivity (Wildman–Crippen MR) is 86.4 cm³/mol. The third-order valence-corrected chi connectivity index (χ3v) is 4.87. The molecule has 1 aromatic rings. The Bertz CT molecular complexity index is 444. The van der Waals surface area contributed by atoms with Crippen molar-refractivity contribution in [1.82, 2.24) is 5.32 Å². The molecule has 0 aliphatic rings. The second-order valence-corrected chi connectivity index (χ2v) is 5.99. The zero-order chi connectivity index (χ0) is 15.2. The van der Waals surface area contributed by atoms with E-state index in [0.717, 1.165) is 18.4 Å². The number of rotatable bonds is 7. The molecule has 0 bridgehead atoms. The summed E-state index contributed by atoms with van der Waals surface area (Å²) in [4.78, 5) is 12.1. The Hall–Kier alpha value is -1.02. The van der Waals surface area contributed by atoms with E-state index >= 15 is 0 Å². The Balaban J connectivity index is 2.62. The minimum absolute atomic E-state index is 0.0267. The highest BCUT2D eigenvalue weighted by Gasteiger charge is 2.25. The molecule has 0 atom stereocenters. The molecule has 20 heavy (non-hydrogen) atoms. The molecule has 1 amide bonds. The Morgan fingerprint density at radius 1 is 1.25 bits per heavy atom. The molecular formula is C17H26ClNO. The molecule has 0 unspecified atom stereocenters. The molecule has 1 aromatic carbocycles. The van der Waals surface area contributed by atoms with Crippen molar-refractivity contribution in [2.24, 2.45) is 5.41 Å². The number of benzene rings is 1. The average Bonchev–Trinajstić information content (AvgIpc) is 2.45. The molecule has 0 fully saturated rings. The van der Waals surface area contributed by atoms with Gasteiger partial charge < -0.3 is 5.32 Å². The second-order valence-electron chi connectivity index (χ2n) is 5.72. The van der Waals surface area contributed by atoms with Crippen molar-refractivity contribution in [2.45, 2.75) is 47.0 Å². The van der Waals surface area contributed by atoms with Crippen molar-refractivity contribution in [2.75, 3.05) is 12.4 Å². The van der Waals surface area contributed by atoms with E-state index in [9.17, 15) is 4.79 Å². The van der Waals surface area contributed by atoms with Crippen LogP contribution < -0.4 is 5.32 Å². The summed E-state index contributed by atoms with van der Waals surface area (Å²) < 4.78 is 0. The van der Waals surface area contributed by atoms with Gasteiger partial charge in [-0.2, -0.15) is 0 Å². The highest BCUT2D eigenvalue weighted by atomic mass is 35.5. The molecule has 0 radical (unpaired) electrons. The van der Waals surface area contributed by atoms with Crippen LogP contribution in [-0.2, 0) is 11.2 Å². The zero-order valence-electron chi connectivity index (χ0n) is 13.1. The number of halogens is 1. The number of nitrogens with one attached hydrogen (secondary N) is 1. The summed E-state index contributed by atoms with van der Waals surface area (Å²) in [6, 6.07) is 6.23. The summed E-state index contributed by atoms with van der Waals surface area (Å²) in [5.74, 6) is 0.666. The maximum absolute atomic E-state index is 12.1. The lowest BCUT2D eigenvalue weighted by molar-refractivity contribution is -0.120. The Labute approximate surface area is 127 Å². The molecule has 1 rings (SSSR count). The van der Waals surface area contributed by atoms with E-state index in [1.165, 1.54) is 11.1 Å². The molecule has 0 aliphatic heterocycles. The molecule has 1 N–H and O–H groups in total. The van der Waals surface area contributed by atoms with Gasteiger partial charge in [0.05, 0.1) is 6.42 Å². The van der Waals surface area contributed by atoms with Crippen LogP contribution in [0.25, 0.3) is 0 Å². The van der Waals surface area contributed by atoms with Crippen LogP contribution in [0, 0.1) is 19.3 Å². The van der Waals surface area contributed by atoms with Crippen LogP contribution in [0.5, 0.6) is 0 Å². The van der Waals surface area contributed by atoms with Crippen LogP contribution in [0.2, 0.25) is 0 Å². The van der Waals surface area contributed by atoms with Gasteiger partial charge in [-0.3, -0.25) is 4.79 Å². The predicted octanol–water partition coefficient (Wildman–Crippen LogP) is 4.01. The molecule has 2 nitrogen and oxygen atoms in total. The normalized spacial score (nSPS) is 11.4. The van der Waals surface area contributed by atoms with Crippen molar-refractivity contribution in [1.29, 1.82) is 0 Å². The lowest BCUT2D eigenvalue weighted by Crippen LogP contribution is -2.38. The van der Waals surface area contributed by atoms with Gasteiger partial charge in [-0.25, -0.2) is 0 Å². The maximum atomic E-state index is 12.1. The Morgan fingerprint density at radius 3 is 2.45 bits per heavy atom. The summed E-state index contributed by atoms with van der Waals surface area (Å²) in [5.41, 5.74) is 3.49. The lowest BCUT2D eigenvalue weighted by atomic mass is 9.84. The van der Waals surface area contributed by atoms with E-state index < -0.39 is 0 Å². The largest absolute Gasteiger partial charge is 0.355 e. The first-order valence-corrected chi connectivity index (χ1v) is 7.88. The van der Waals surface area contributed by atoms with E-state index in [2.05, 4.69) is 37.4 Å². The van der Waals surface area contributed by atoms with E-state index in [0.29, 0.717) is 18.8 Å². The fourth-order valence-corrected chi connectivity index (χ4v) is 2.72. The van der Waals surface area contributed by atoms with Crippen LogP contribution >= 0.6 is 11.6 Å². The molecule has 112 valence electrons. The molecule has 0 saturated carbocycles. The molecular weight excluding hydrogens is 270 g/mol. The van der Waals surface area contributed by atoms with E-state index in [1.807, 2.05) is 13.8 Å². The molecule has 3 heteroatoms. The van der Waals surface area contributed by atoms with Gasteiger partial charge in [-0.05, 0) is 37.8 Å². The Morgan fingerprint density at radius 2 is 1.90 bits per heavy atom. The number of carbonyl (C=O) groups excluding carboxylic acids is 1. The quantitative estimate of drug-likeness (QED) is 0.757.